The average molecular weight is 318 g/mol. The fraction of sp³-hybridized carbons (Fsp3) is 0.444. The molecule has 1 aromatic rings. The minimum absolute atomic E-state index is 0.397. The molecule has 0 unspecified atom stereocenters. The summed E-state index contributed by atoms with van der Waals surface area (Å²) in [5, 5.41) is 8.72. The van der Waals surface area contributed by atoms with Gasteiger partial charge in [0.15, 0.2) is 0 Å². The van der Waals surface area contributed by atoms with Crippen molar-refractivity contribution in [1.29, 1.82) is 0 Å². The van der Waals surface area contributed by atoms with E-state index in [2.05, 4.69) is 0 Å². The molecule has 1 aromatic heterocycles. The average Bonchev–Trinajstić information content (AvgIpc) is 2.70. The first-order valence-electron chi connectivity index (χ1n) is 5.02. The van der Waals surface area contributed by atoms with Crippen LogP contribution in [0.2, 0.25) is 0 Å². The molecule has 6 nitrogen and oxygen atoms in total. The molecule has 1 rings (SSSR count). The lowest BCUT2D eigenvalue weighted by molar-refractivity contribution is -0.122. The van der Waals surface area contributed by atoms with E-state index in [1.807, 2.05) is 0 Å². The maximum absolute atomic E-state index is 12.6. The highest BCUT2D eigenvalue weighted by atomic mass is 32.2. The Hall–Kier alpha value is -1.62. The molecule has 0 saturated heterocycles. The third-order valence-corrected chi connectivity index (χ3v) is 3.69. The molecule has 0 spiro atoms. The second-order valence-electron chi connectivity index (χ2n) is 3.86. The number of alkyl halides is 4. The smallest absolute Gasteiger partial charge is 0.352 e. The number of halogens is 4. The number of sulfonamides is 1. The largest absolute Gasteiger partial charge is 0.477 e. The lowest BCUT2D eigenvalue weighted by Gasteiger charge is -2.15. The molecule has 20 heavy (non-hydrogen) atoms. The van der Waals surface area contributed by atoms with Crippen LogP contribution in [0.15, 0.2) is 17.2 Å². The van der Waals surface area contributed by atoms with Crippen molar-refractivity contribution in [2.45, 2.75) is 17.2 Å². The van der Waals surface area contributed by atoms with E-state index < -0.39 is 45.5 Å². The molecule has 0 radical (unpaired) electrons. The summed E-state index contributed by atoms with van der Waals surface area (Å²) in [6.45, 7) is -1.79. The molecule has 0 saturated carbocycles. The van der Waals surface area contributed by atoms with Crippen LogP contribution in [-0.2, 0) is 17.1 Å². The molecule has 1 heterocycles. The molecule has 0 amide bonds. The highest BCUT2D eigenvalue weighted by Gasteiger charge is 2.41. The Morgan fingerprint density at radius 3 is 2.45 bits per heavy atom. The van der Waals surface area contributed by atoms with Gasteiger partial charge in [-0.05, 0) is 6.07 Å². The number of carboxylic acid groups (broad SMARTS) is 1. The summed E-state index contributed by atoms with van der Waals surface area (Å²) in [4.78, 5) is 10.1. The van der Waals surface area contributed by atoms with Gasteiger partial charge in [0.05, 0.1) is 6.54 Å². The normalized spacial score (nSPS) is 12.9. The van der Waals surface area contributed by atoms with Gasteiger partial charge in [-0.15, -0.1) is 0 Å². The lowest BCUT2D eigenvalue weighted by Crippen LogP contribution is -2.41. The summed E-state index contributed by atoms with van der Waals surface area (Å²) in [6, 6.07) is 0.727. The molecule has 0 aliphatic carbocycles. The Labute approximate surface area is 111 Å². The van der Waals surface area contributed by atoms with Gasteiger partial charge in [-0.25, -0.2) is 26.7 Å². The summed E-state index contributed by atoms with van der Waals surface area (Å²) in [6.07, 6.45) is -3.15. The molecule has 11 heteroatoms. The summed E-state index contributed by atoms with van der Waals surface area (Å²) in [7, 11) is -3.28. The molecule has 0 aliphatic rings. The first kappa shape index (κ1) is 16.4. The van der Waals surface area contributed by atoms with Gasteiger partial charge in [0.2, 0.25) is 10.0 Å². The molecule has 0 aliphatic heterocycles. The Morgan fingerprint density at radius 2 is 2.05 bits per heavy atom. The van der Waals surface area contributed by atoms with Crippen LogP contribution in [0.1, 0.15) is 10.5 Å². The summed E-state index contributed by atoms with van der Waals surface area (Å²) >= 11 is 0. The van der Waals surface area contributed by atoms with Gasteiger partial charge < -0.3 is 9.67 Å². The van der Waals surface area contributed by atoms with Crippen molar-refractivity contribution in [2.75, 3.05) is 6.54 Å². The number of aryl methyl sites for hydroxylation is 1. The number of hydrogen-bond donors (Lipinski definition) is 2. The molecule has 0 bridgehead atoms. The summed E-state index contributed by atoms with van der Waals surface area (Å²) in [5.41, 5.74) is -0.397. The molecule has 2 N–H and O–H groups in total. The molecule has 0 aromatic carbocycles. The molecule has 0 atom stereocenters. The van der Waals surface area contributed by atoms with Crippen molar-refractivity contribution < 1.29 is 35.9 Å². The number of aromatic nitrogens is 1. The minimum Gasteiger partial charge on any atom is -0.477 e. The standard InChI is InChI=1S/C9H10F4N2O4S/c1-15-3-5(2-6(15)7(16)17)20(18,19)14-4-9(12,13)8(10)11/h2-3,8,14H,4H2,1H3,(H,16,17). The first-order chi connectivity index (χ1) is 8.97. The maximum Gasteiger partial charge on any atom is 0.352 e. The number of aromatic carboxylic acids is 1. The zero-order valence-corrected chi connectivity index (χ0v) is 10.8. The molecular weight excluding hydrogens is 308 g/mol. The number of nitrogens with one attached hydrogen (secondary N) is 1. The van der Waals surface area contributed by atoms with Gasteiger partial charge in [-0.2, -0.15) is 8.78 Å². The van der Waals surface area contributed by atoms with E-state index in [4.69, 9.17) is 5.11 Å². The third kappa shape index (κ3) is 3.48. The monoisotopic (exact) mass is 318 g/mol. The topological polar surface area (TPSA) is 88.4 Å². The quantitative estimate of drug-likeness (QED) is 0.763. The van der Waals surface area contributed by atoms with Crippen LogP contribution < -0.4 is 4.72 Å². The van der Waals surface area contributed by atoms with Crippen molar-refractivity contribution >= 4 is 16.0 Å². The number of rotatable bonds is 6. The van der Waals surface area contributed by atoms with Crippen molar-refractivity contribution in [3.63, 3.8) is 0 Å². The van der Waals surface area contributed by atoms with Crippen LogP contribution in [0, 0.1) is 0 Å². The predicted octanol–water partition coefficient (Wildman–Crippen LogP) is 0.902. The number of nitrogens with zero attached hydrogens (tertiary/aromatic N) is 1. The zero-order valence-electron chi connectivity index (χ0n) is 9.98. The zero-order chi connectivity index (χ0) is 15.7. The van der Waals surface area contributed by atoms with Crippen LogP contribution in [0.4, 0.5) is 17.6 Å². The molecule has 0 fully saturated rings. The number of hydrogen-bond acceptors (Lipinski definition) is 3. The maximum atomic E-state index is 12.6. The van der Waals surface area contributed by atoms with E-state index in [1.165, 1.54) is 11.8 Å². The van der Waals surface area contributed by atoms with Gasteiger partial charge >= 0.3 is 18.3 Å². The van der Waals surface area contributed by atoms with Crippen molar-refractivity contribution in [3.05, 3.63) is 18.0 Å². The van der Waals surface area contributed by atoms with Gasteiger partial charge in [-0.1, -0.05) is 0 Å². The Kier molecular flexibility index (Phi) is 4.44. The van der Waals surface area contributed by atoms with Crippen molar-refractivity contribution in [2.24, 2.45) is 7.05 Å². The Bertz CT molecular complexity index is 611. The van der Waals surface area contributed by atoms with Crippen molar-refractivity contribution in [3.8, 4) is 0 Å². The van der Waals surface area contributed by atoms with Crippen LogP contribution in [0.25, 0.3) is 0 Å². The Balaban J connectivity index is 2.96. The highest BCUT2D eigenvalue weighted by Crippen LogP contribution is 2.22. The summed E-state index contributed by atoms with van der Waals surface area (Å²) in [5.74, 6) is -5.94. The van der Waals surface area contributed by atoms with E-state index in [0.717, 1.165) is 16.8 Å². The number of carboxylic acids is 1. The van der Waals surface area contributed by atoms with Crippen LogP contribution >= 0.6 is 0 Å². The lowest BCUT2D eigenvalue weighted by atomic mass is 10.4. The van der Waals surface area contributed by atoms with Gasteiger partial charge in [0.1, 0.15) is 10.6 Å². The highest BCUT2D eigenvalue weighted by molar-refractivity contribution is 7.89. The predicted molar refractivity (Wildman–Crippen MR) is 58.5 cm³/mol. The van der Waals surface area contributed by atoms with E-state index in [9.17, 15) is 30.8 Å². The fourth-order valence-electron chi connectivity index (χ4n) is 1.25. The van der Waals surface area contributed by atoms with Crippen LogP contribution in [0.5, 0.6) is 0 Å². The van der Waals surface area contributed by atoms with Crippen molar-refractivity contribution in [1.82, 2.24) is 9.29 Å². The molecular formula is C9H10F4N2O4S. The second kappa shape index (κ2) is 5.40. The van der Waals surface area contributed by atoms with Crippen LogP contribution in [0.3, 0.4) is 0 Å². The first-order valence-corrected chi connectivity index (χ1v) is 6.51. The van der Waals surface area contributed by atoms with E-state index in [1.54, 1.807) is 0 Å². The van der Waals surface area contributed by atoms with E-state index in [-0.39, 0.29) is 0 Å². The number of carbonyl (C=O) groups is 1. The van der Waals surface area contributed by atoms with Crippen LogP contribution in [-0.4, -0.2) is 43.0 Å². The fourth-order valence-corrected chi connectivity index (χ4v) is 2.36. The van der Waals surface area contributed by atoms with Gasteiger partial charge in [0.25, 0.3) is 0 Å². The molecule has 114 valence electrons. The van der Waals surface area contributed by atoms with Gasteiger partial charge in [-0.3, -0.25) is 0 Å². The SMILES string of the molecule is Cn1cc(S(=O)(=O)NCC(F)(F)C(F)F)cc1C(=O)O. The Morgan fingerprint density at radius 1 is 1.50 bits per heavy atom. The van der Waals surface area contributed by atoms with E-state index in [0.29, 0.717) is 0 Å². The second-order valence-corrected chi connectivity index (χ2v) is 5.63. The minimum atomic E-state index is -4.52. The third-order valence-electron chi connectivity index (χ3n) is 2.33. The summed E-state index contributed by atoms with van der Waals surface area (Å²) < 4.78 is 74.5. The van der Waals surface area contributed by atoms with E-state index >= 15 is 0 Å². The van der Waals surface area contributed by atoms with Gasteiger partial charge in [0, 0.05) is 13.2 Å².